The molecule has 6 heteroatoms. The van der Waals surface area contributed by atoms with Gasteiger partial charge in [-0.2, -0.15) is 0 Å². The van der Waals surface area contributed by atoms with Crippen molar-refractivity contribution in [1.82, 2.24) is 15.0 Å². The van der Waals surface area contributed by atoms with Gasteiger partial charge in [-0.05, 0) is 30.3 Å². The van der Waals surface area contributed by atoms with Gasteiger partial charge in [-0.25, -0.2) is 9.78 Å². The summed E-state index contributed by atoms with van der Waals surface area (Å²) in [6.07, 6.45) is 0. The fourth-order valence-electron chi connectivity index (χ4n) is 2.18. The minimum absolute atomic E-state index is 0.458. The Hall–Kier alpha value is -3.02. The summed E-state index contributed by atoms with van der Waals surface area (Å²) in [5, 5.41) is 3.16. The van der Waals surface area contributed by atoms with Crippen LogP contribution in [-0.4, -0.2) is 15.0 Å². The summed E-state index contributed by atoms with van der Waals surface area (Å²) >= 11 is 0. The monoisotopic (exact) mass is 266 g/mol. The van der Waals surface area contributed by atoms with E-state index in [1.807, 2.05) is 30.3 Å². The first kappa shape index (κ1) is 10.9. The Morgan fingerprint density at radius 2 is 1.95 bits per heavy atom. The number of hydrogen-bond donors (Lipinski definition) is 3. The van der Waals surface area contributed by atoms with Gasteiger partial charge >= 0.3 is 5.76 Å². The van der Waals surface area contributed by atoms with Crippen molar-refractivity contribution in [3.63, 3.8) is 0 Å². The van der Waals surface area contributed by atoms with Crippen molar-refractivity contribution in [3.05, 3.63) is 53.0 Å². The van der Waals surface area contributed by atoms with Crippen molar-refractivity contribution in [1.29, 1.82) is 0 Å². The van der Waals surface area contributed by atoms with Crippen LogP contribution in [0.3, 0.4) is 0 Å². The van der Waals surface area contributed by atoms with Crippen LogP contribution in [0.2, 0.25) is 0 Å². The van der Waals surface area contributed by atoms with Gasteiger partial charge in [0.05, 0.1) is 16.6 Å². The second-order valence-corrected chi connectivity index (χ2v) is 4.45. The van der Waals surface area contributed by atoms with E-state index < -0.39 is 5.76 Å². The van der Waals surface area contributed by atoms with Crippen LogP contribution in [0.4, 0.5) is 11.6 Å². The largest absolute Gasteiger partial charge is 0.417 e. The average Bonchev–Trinajstić information content (AvgIpc) is 2.99. The van der Waals surface area contributed by atoms with E-state index in [0.717, 1.165) is 16.7 Å². The number of nitrogens with one attached hydrogen (secondary N) is 3. The van der Waals surface area contributed by atoms with Crippen molar-refractivity contribution in [2.45, 2.75) is 0 Å². The van der Waals surface area contributed by atoms with Gasteiger partial charge in [0.2, 0.25) is 5.95 Å². The zero-order valence-electron chi connectivity index (χ0n) is 10.3. The van der Waals surface area contributed by atoms with Crippen molar-refractivity contribution < 1.29 is 4.42 Å². The predicted molar refractivity (Wildman–Crippen MR) is 76.2 cm³/mol. The van der Waals surface area contributed by atoms with Crippen molar-refractivity contribution in [2.24, 2.45) is 0 Å². The molecule has 0 bridgehead atoms. The molecule has 0 spiro atoms. The second-order valence-electron chi connectivity index (χ2n) is 4.45. The third-order valence-corrected chi connectivity index (χ3v) is 3.07. The summed E-state index contributed by atoms with van der Waals surface area (Å²) < 4.78 is 4.96. The standard InChI is InChI=1S/C14H10N4O2/c19-14-18-11-7-8(5-6-12(11)20-14)15-13-16-9-3-1-2-4-10(9)17-13/h1-7H,(H,18,19)(H2,15,16,17). The number of imidazole rings is 1. The highest BCUT2D eigenvalue weighted by Gasteiger charge is 2.05. The molecule has 2 aromatic carbocycles. The Morgan fingerprint density at radius 3 is 2.85 bits per heavy atom. The van der Waals surface area contributed by atoms with Crippen LogP contribution in [0.25, 0.3) is 22.1 Å². The highest BCUT2D eigenvalue weighted by atomic mass is 16.4. The van der Waals surface area contributed by atoms with E-state index in [0.29, 0.717) is 17.0 Å². The van der Waals surface area contributed by atoms with E-state index in [9.17, 15) is 4.79 Å². The van der Waals surface area contributed by atoms with Gasteiger partial charge < -0.3 is 14.7 Å². The highest BCUT2D eigenvalue weighted by molar-refractivity contribution is 5.80. The molecule has 4 rings (SSSR count). The van der Waals surface area contributed by atoms with Gasteiger partial charge in [0.15, 0.2) is 5.58 Å². The maximum absolute atomic E-state index is 11.1. The lowest BCUT2D eigenvalue weighted by Crippen LogP contribution is -1.93. The summed E-state index contributed by atoms with van der Waals surface area (Å²) in [7, 11) is 0. The number of oxazole rings is 1. The molecular weight excluding hydrogens is 256 g/mol. The SMILES string of the molecule is O=c1[nH]c2cc(Nc3nc4ccccc4[nH]3)ccc2o1. The molecule has 0 aliphatic heterocycles. The second kappa shape index (κ2) is 3.99. The molecule has 3 N–H and O–H groups in total. The first-order chi connectivity index (χ1) is 9.78. The summed E-state index contributed by atoms with van der Waals surface area (Å²) in [6.45, 7) is 0. The Kier molecular flexibility index (Phi) is 2.17. The van der Waals surface area contributed by atoms with Crippen molar-refractivity contribution in [3.8, 4) is 0 Å². The van der Waals surface area contributed by atoms with Gasteiger partial charge in [0, 0.05) is 5.69 Å². The van der Waals surface area contributed by atoms with E-state index in [-0.39, 0.29) is 0 Å². The van der Waals surface area contributed by atoms with Crippen LogP contribution >= 0.6 is 0 Å². The fourth-order valence-corrected chi connectivity index (χ4v) is 2.18. The molecule has 0 aliphatic carbocycles. The normalized spacial score (nSPS) is 11.2. The zero-order chi connectivity index (χ0) is 13.5. The number of fused-ring (bicyclic) bond motifs is 2. The summed E-state index contributed by atoms with van der Waals surface area (Å²) in [4.78, 5) is 21.3. The van der Waals surface area contributed by atoms with Gasteiger partial charge in [-0.1, -0.05) is 12.1 Å². The summed E-state index contributed by atoms with van der Waals surface area (Å²) in [5.41, 5.74) is 3.86. The number of aromatic amines is 2. The van der Waals surface area contributed by atoms with Crippen LogP contribution in [0, 0.1) is 0 Å². The lowest BCUT2D eigenvalue weighted by Gasteiger charge is -2.01. The molecular formula is C14H10N4O2. The smallest absolute Gasteiger partial charge is 0.408 e. The number of anilines is 2. The van der Waals surface area contributed by atoms with E-state index in [1.54, 1.807) is 12.1 Å². The molecule has 2 heterocycles. The topological polar surface area (TPSA) is 86.7 Å². The van der Waals surface area contributed by atoms with Gasteiger partial charge in [0.25, 0.3) is 0 Å². The average molecular weight is 266 g/mol. The Morgan fingerprint density at radius 1 is 1.05 bits per heavy atom. The molecule has 2 aromatic heterocycles. The van der Waals surface area contributed by atoms with Gasteiger partial charge in [-0.3, -0.25) is 4.98 Å². The molecule has 98 valence electrons. The van der Waals surface area contributed by atoms with E-state index >= 15 is 0 Å². The lowest BCUT2D eigenvalue weighted by molar-refractivity contribution is 0.555. The Balaban J connectivity index is 1.73. The molecule has 0 radical (unpaired) electrons. The lowest BCUT2D eigenvalue weighted by atomic mass is 10.3. The summed E-state index contributed by atoms with van der Waals surface area (Å²) in [6, 6.07) is 13.2. The third kappa shape index (κ3) is 1.74. The minimum atomic E-state index is -0.458. The number of para-hydroxylation sites is 2. The van der Waals surface area contributed by atoms with Crippen molar-refractivity contribution >= 4 is 33.8 Å². The quantitative estimate of drug-likeness (QED) is 0.520. The first-order valence-electron chi connectivity index (χ1n) is 6.12. The van der Waals surface area contributed by atoms with Crippen LogP contribution < -0.4 is 11.1 Å². The number of hydrogen-bond acceptors (Lipinski definition) is 4. The first-order valence-corrected chi connectivity index (χ1v) is 6.12. The van der Waals surface area contributed by atoms with E-state index in [4.69, 9.17) is 4.42 Å². The third-order valence-electron chi connectivity index (χ3n) is 3.07. The van der Waals surface area contributed by atoms with Crippen molar-refractivity contribution in [2.75, 3.05) is 5.32 Å². The molecule has 20 heavy (non-hydrogen) atoms. The van der Waals surface area contributed by atoms with E-state index in [2.05, 4.69) is 20.3 Å². The van der Waals surface area contributed by atoms with E-state index in [1.165, 1.54) is 0 Å². The maximum Gasteiger partial charge on any atom is 0.417 e. The minimum Gasteiger partial charge on any atom is -0.408 e. The molecule has 0 fully saturated rings. The van der Waals surface area contributed by atoms with Crippen LogP contribution in [0.1, 0.15) is 0 Å². The molecule has 4 aromatic rings. The number of rotatable bonds is 2. The number of nitrogens with zero attached hydrogens (tertiary/aromatic N) is 1. The van der Waals surface area contributed by atoms with Gasteiger partial charge in [0.1, 0.15) is 0 Å². The number of aromatic nitrogens is 3. The molecule has 0 saturated carbocycles. The zero-order valence-corrected chi connectivity index (χ0v) is 10.3. The molecule has 0 atom stereocenters. The van der Waals surface area contributed by atoms with Crippen LogP contribution in [-0.2, 0) is 0 Å². The fraction of sp³-hybridized carbons (Fsp3) is 0. The predicted octanol–water partition coefficient (Wildman–Crippen LogP) is 2.74. The molecule has 0 saturated heterocycles. The highest BCUT2D eigenvalue weighted by Crippen LogP contribution is 2.21. The Labute approximate surface area is 112 Å². The molecule has 0 aliphatic rings. The Bertz CT molecular complexity index is 931. The summed E-state index contributed by atoms with van der Waals surface area (Å²) in [5.74, 6) is 0.192. The number of H-pyrrole nitrogens is 2. The molecule has 0 unspecified atom stereocenters. The van der Waals surface area contributed by atoms with Crippen LogP contribution in [0.15, 0.2) is 51.7 Å². The van der Waals surface area contributed by atoms with Gasteiger partial charge in [-0.15, -0.1) is 0 Å². The number of benzene rings is 2. The molecule has 0 amide bonds. The maximum atomic E-state index is 11.1. The molecule has 6 nitrogen and oxygen atoms in total. The van der Waals surface area contributed by atoms with Crippen LogP contribution in [0.5, 0.6) is 0 Å².